The quantitative estimate of drug-likeness (QED) is 0.137. The number of furan rings is 2. The highest BCUT2D eigenvalue weighted by Crippen LogP contribution is 2.53. The van der Waals surface area contributed by atoms with Crippen molar-refractivity contribution in [3.05, 3.63) is 290 Å². The molecule has 0 atom stereocenters. The van der Waals surface area contributed by atoms with Crippen LogP contribution in [0.25, 0.3) is 110 Å². The highest BCUT2D eigenvalue weighted by atomic mass is 16.3. The summed E-state index contributed by atoms with van der Waals surface area (Å²) in [5.41, 5.74) is 20.9. The Balaban J connectivity index is 0.911. The van der Waals surface area contributed by atoms with Gasteiger partial charge < -0.3 is 18.6 Å². The van der Waals surface area contributed by atoms with Crippen molar-refractivity contribution in [3.8, 4) is 44.5 Å². The molecule has 13 aromatic carbocycles. The van der Waals surface area contributed by atoms with Gasteiger partial charge in [0.15, 0.2) is 0 Å². The van der Waals surface area contributed by atoms with Gasteiger partial charge in [-0.2, -0.15) is 0 Å². The van der Waals surface area contributed by atoms with Crippen LogP contribution in [-0.2, 0) is 10.8 Å². The summed E-state index contributed by atoms with van der Waals surface area (Å²) in [4.78, 5) is 4.81. The van der Waals surface area contributed by atoms with E-state index in [4.69, 9.17) is 8.83 Å². The largest absolute Gasteiger partial charge is 0.456 e. The van der Waals surface area contributed by atoms with Crippen LogP contribution in [0.2, 0.25) is 0 Å². The normalized spacial score (nSPS) is 12.1. The van der Waals surface area contributed by atoms with Crippen LogP contribution in [0.5, 0.6) is 0 Å². The molecule has 0 N–H and O–H groups in total. The fourth-order valence-electron chi connectivity index (χ4n) is 13.2. The van der Waals surface area contributed by atoms with E-state index < -0.39 is 0 Å². The number of fused-ring (bicyclic) bond motifs is 8. The van der Waals surface area contributed by atoms with Crippen LogP contribution in [0.3, 0.4) is 0 Å². The molecule has 0 aliphatic heterocycles. The lowest BCUT2D eigenvalue weighted by Crippen LogP contribution is -2.16. The molecular weight excluding hydrogens is 1040 g/mol. The number of rotatable bonds is 10. The van der Waals surface area contributed by atoms with Gasteiger partial charge in [-0.05, 0) is 151 Å². The first kappa shape index (κ1) is 52.4. The number of para-hydroxylation sites is 2. The summed E-state index contributed by atoms with van der Waals surface area (Å²) >= 11 is 0. The Kier molecular flexibility index (Phi) is 12.6. The van der Waals surface area contributed by atoms with Gasteiger partial charge in [-0.1, -0.05) is 236 Å². The second-order valence-corrected chi connectivity index (χ2v) is 24.9. The van der Waals surface area contributed by atoms with E-state index >= 15 is 0 Å². The third-order valence-electron chi connectivity index (χ3n) is 17.1. The van der Waals surface area contributed by atoms with Gasteiger partial charge in [-0.15, -0.1) is 0 Å². The van der Waals surface area contributed by atoms with Crippen LogP contribution >= 0.6 is 0 Å². The average Bonchev–Trinajstić information content (AvgIpc) is 1.55. The maximum absolute atomic E-state index is 7.42. The van der Waals surface area contributed by atoms with Crippen molar-refractivity contribution in [3.63, 3.8) is 0 Å². The molecule has 414 valence electrons. The number of hydrogen-bond donors (Lipinski definition) is 0. The van der Waals surface area contributed by atoms with Crippen LogP contribution < -0.4 is 9.80 Å². The van der Waals surface area contributed by atoms with Gasteiger partial charge in [0.05, 0.1) is 11.4 Å². The smallest absolute Gasteiger partial charge is 0.140 e. The van der Waals surface area contributed by atoms with Crippen LogP contribution in [0, 0.1) is 0 Å². The molecule has 0 aliphatic carbocycles. The summed E-state index contributed by atoms with van der Waals surface area (Å²) in [6.07, 6.45) is 0. The molecule has 0 fully saturated rings. The van der Waals surface area contributed by atoms with Crippen molar-refractivity contribution >= 4 is 99.5 Å². The van der Waals surface area contributed by atoms with E-state index in [0.29, 0.717) is 0 Å². The lowest BCUT2D eigenvalue weighted by Gasteiger charge is -2.29. The van der Waals surface area contributed by atoms with Crippen LogP contribution in [0.4, 0.5) is 34.1 Å². The van der Waals surface area contributed by atoms with E-state index in [1.54, 1.807) is 0 Å². The topological polar surface area (TPSA) is 32.8 Å². The van der Waals surface area contributed by atoms with Crippen molar-refractivity contribution in [2.24, 2.45) is 0 Å². The van der Waals surface area contributed by atoms with Crippen molar-refractivity contribution in [2.75, 3.05) is 9.80 Å². The van der Waals surface area contributed by atoms with Crippen molar-refractivity contribution in [1.29, 1.82) is 0 Å². The zero-order valence-electron chi connectivity index (χ0n) is 49.3. The average molecular weight is 1110 g/mol. The number of benzene rings is 13. The van der Waals surface area contributed by atoms with Crippen LogP contribution in [-0.4, -0.2) is 0 Å². The summed E-state index contributed by atoms with van der Waals surface area (Å²) in [5, 5.41) is 8.85. The van der Waals surface area contributed by atoms with Gasteiger partial charge in [-0.3, -0.25) is 0 Å². The molecule has 0 bridgehead atoms. The van der Waals surface area contributed by atoms with E-state index in [1.807, 2.05) is 0 Å². The molecule has 4 nitrogen and oxygen atoms in total. The number of anilines is 6. The summed E-state index contributed by atoms with van der Waals surface area (Å²) in [6.45, 7) is 13.9. The van der Waals surface area contributed by atoms with E-state index in [1.165, 1.54) is 11.1 Å². The lowest BCUT2D eigenvalue weighted by atomic mass is 9.77. The second kappa shape index (κ2) is 20.7. The predicted molar refractivity (Wildman–Crippen MR) is 365 cm³/mol. The first-order valence-electron chi connectivity index (χ1n) is 29.9. The first-order chi connectivity index (χ1) is 41.9. The summed E-state index contributed by atoms with van der Waals surface area (Å²) in [6, 6.07) is 101. The molecule has 0 unspecified atom stereocenters. The van der Waals surface area contributed by atoms with Crippen LogP contribution in [0.15, 0.2) is 288 Å². The molecule has 0 saturated heterocycles. The molecule has 15 rings (SSSR count). The molecular formula is C82H64N2O2. The Labute approximate surface area is 502 Å². The van der Waals surface area contributed by atoms with Gasteiger partial charge in [0.1, 0.15) is 22.3 Å². The zero-order chi connectivity index (χ0) is 58.3. The Morgan fingerprint density at radius 3 is 0.953 bits per heavy atom. The molecule has 86 heavy (non-hydrogen) atoms. The van der Waals surface area contributed by atoms with Gasteiger partial charge in [0, 0.05) is 66.5 Å². The lowest BCUT2D eigenvalue weighted by molar-refractivity contribution is 0.564. The summed E-state index contributed by atoms with van der Waals surface area (Å²) < 4.78 is 14.8. The number of hydrogen-bond acceptors (Lipinski definition) is 4. The standard InChI is InChI=1S/C82H64N2O2/c1-81(2,3)77-75-69-47-57-37-41-65(83(63-33-21-11-22-34-63)71-49-59(53-25-13-7-14-26-53)39-43-67(71)55-29-17-9-18-30-55)45-61(57)51-73(69)86-80(75)78(82(4,5)6)76-70-48-58-38-42-66(46-62(58)52-74(70)85-79(76)77)84(64-35-23-12-24-36-64)72-50-60(54-27-15-8-16-28-54)40-44-68(72)56-31-19-10-20-32-56/h7-52H,1-6H3. The van der Waals surface area contributed by atoms with Crippen molar-refractivity contribution in [2.45, 2.75) is 52.4 Å². The third-order valence-corrected chi connectivity index (χ3v) is 17.1. The fourth-order valence-corrected chi connectivity index (χ4v) is 13.2. The monoisotopic (exact) mass is 1110 g/mol. The van der Waals surface area contributed by atoms with Gasteiger partial charge in [-0.25, -0.2) is 0 Å². The molecule has 0 saturated carbocycles. The Morgan fingerprint density at radius 2 is 0.605 bits per heavy atom. The van der Waals surface area contributed by atoms with Gasteiger partial charge >= 0.3 is 0 Å². The SMILES string of the molecule is CC(C)(C)c1c2oc3cc4cc(N(c5ccccc5)c5cc(-c6ccccc6)ccc5-c5ccccc5)ccc4cc3c2c(C(C)(C)C)c2oc3cc4cc(N(c5ccccc5)c5cc(-c6ccccc6)ccc5-c5ccccc5)ccc4cc3c12. The maximum atomic E-state index is 7.42. The molecule has 4 heteroatoms. The number of nitrogens with zero attached hydrogens (tertiary/aromatic N) is 2. The second-order valence-electron chi connectivity index (χ2n) is 24.9. The Morgan fingerprint density at radius 1 is 0.267 bits per heavy atom. The van der Waals surface area contributed by atoms with E-state index in [0.717, 1.165) is 144 Å². The maximum Gasteiger partial charge on any atom is 0.140 e. The van der Waals surface area contributed by atoms with E-state index in [9.17, 15) is 0 Å². The predicted octanol–water partition coefficient (Wildman–Crippen LogP) is 24.0. The Bertz CT molecular complexity index is 4710. The molecule has 0 radical (unpaired) electrons. The highest BCUT2D eigenvalue weighted by Gasteiger charge is 2.35. The molecule has 0 aliphatic rings. The molecule has 0 amide bonds. The molecule has 0 spiro atoms. The minimum absolute atomic E-state index is 0.329. The van der Waals surface area contributed by atoms with Gasteiger partial charge in [0.2, 0.25) is 0 Å². The van der Waals surface area contributed by atoms with E-state index in [-0.39, 0.29) is 10.8 Å². The summed E-state index contributed by atoms with van der Waals surface area (Å²) in [5.74, 6) is 0. The first-order valence-corrected chi connectivity index (χ1v) is 29.9. The fraction of sp³-hybridized carbons (Fsp3) is 0.0976. The summed E-state index contributed by atoms with van der Waals surface area (Å²) in [7, 11) is 0. The molecule has 15 aromatic rings. The highest BCUT2D eigenvalue weighted by molar-refractivity contribution is 6.23. The molecule has 2 aromatic heterocycles. The third kappa shape index (κ3) is 9.17. The van der Waals surface area contributed by atoms with Crippen molar-refractivity contribution in [1.82, 2.24) is 0 Å². The molecule has 2 heterocycles. The van der Waals surface area contributed by atoms with Crippen molar-refractivity contribution < 1.29 is 8.83 Å². The minimum Gasteiger partial charge on any atom is -0.456 e. The zero-order valence-corrected chi connectivity index (χ0v) is 49.3. The van der Waals surface area contributed by atoms with E-state index in [2.05, 4.69) is 330 Å². The minimum atomic E-state index is -0.329. The Hall–Kier alpha value is -10.4. The van der Waals surface area contributed by atoms with Crippen LogP contribution in [0.1, 0.15) is 52.7 Å². The van der Waals surface area contributed by atoms with Gasteiger partial charge in [0.25, 0.3) is 0 Å².